The third-order valence-corrected chi connectivity index (χ3v) is 5.08. The Morgan fingerprint density at radius 3 is 2.48 bits per heavy atom. The number of aromatic carboxylic acids is 1. The molecule has 0 radical (unpaired) electrons. The van der Waals surface area contributed by atoms with Gasteiger partial charge in [-0.2, -0.15) is 0 Å². The largest absolute Gasteiger partial charge is 0.478 e. The summed E-state index contributed by atoms with van der Waals surface area (Å²) in [6.45, 7) is 4.09. The fourth-order valence-corrected chi connectivity index (χ4v) is 3.50. The van der Waals surface area contributed by atoms with E-state index in [9.17, 15) is 23.1 Å². The lowest BCUT2D eigenvalue weighted by Crippen LogP contribution is -2.36. The molecule has 10 heteroatoms. The molecule has 0 saturated carbocycles. The van der Waals surface area contributed by atoms with Crippen LogP contribution in [0.3, 0.4) is 0 Å². The van der Waals surface area contributed by atoms with Gasteiger partial charge in [-0.05, 0) is 19.1 Å². The number of halogens is 3. The van der Waals surface area contributed by atoms with Crippen molar-refractivity contribution in [2.24, 2.45) is 0 Å². The summed E-state index contributed by atoms with van der Waals surface area (Å²) in [5.41, 5.74) is 1.31. The van der Waals surface area contributed by atoms with Gasteiger partial charge in [-0.1, -0.05) is 0 Å². The number of nitrogens with zero attached hydrogens (tertiary/aromatic N) is 3. The zero-order valence-corrected chi connectivity index (χ0v) is 16.5. The van der Waals surface area contributed by atoms with Crippen LogP contribution in [-0.2, 0) is 4.74 Å². The van der Waals surface area contributed by atoms with Crippen molar-refractivity contribution in [1.82, 2.24) is 9.97 Å². The summed E-state index contributed by atoms with van der Waals surface area (Å²) in [6, 6.07) is 3.92. The van der Waals surface area contributed by atoms with Crippen LogP contribution in [0.15, 0.2) is 30.5 Å². The molecule has 1 saturated heterocycles. The Morgan fingerprint density at radius 1 is 1.16 bits per heavy atom. The molecule has 7 nitrogen and oxygen atoms in total. The normalized spacial score (nSPS) is 15.2. The molecule has 1 atom stereocenters. The van der Waals surface area contributed by atoms with Crippen LogP contribution in [0.4, 0.5) is 24.7 Å². The van der Waals surface area contributed by atoms with Gasteiger partial charge in [-0.3, -0.25) is 4.98 Å². The first-order valence-electron chi connectivity index (χ1n) is 9.61. The quantitative estimate of drug-likeness (QED) is 0.594. The van der Waals surface area contributed by atoms with Crippen LogP contribution in [-0.4, -0.2) is 47.3 Å². The molecular weight excluding hydrogens is 413 g/mol. The van der Waals surface area contributed by atoms with Crippen LogP contribution in [0.25, 0.3) is 11.0 Å². The fraction of sp³-hybridized carbons (Fsp3) is 0.286. The first-order valence-corrected chi connectivity index (χ1v) is 9.61. The van der Waals surface area contributed by atoms with Crippen molar-refractivity contribution >= 4 is 28.5 Å². The Bertz CT molecular complexity index is 1130. The molecule has 2 aromatic carbocycles. The maximum absolute atomic E-state index is 13.6. The summed E-state index contributed by atoms with van der Waals surface area (Å²) < 4.78 is 45.8. The first-order chi connectivity index (χ1) is 14.8. The van der Waals surface area contributed by atoms with Crippen molar-refractivity contribution in [2.45, 2.75) is 13.0 Å². The number of carboxylic acid groups (broad SMARTS) is 1. The molecule has 0 bridgehead atoms. The van der Waals surface area contributed by atoms with Crippen molar-refractivity contribution in [1.29, 1.82) is 0 Å². The van der Waals surface area contributed by atoms with Gasteiger partial charge in [0.25, 0.3) is 0 Å². The number of ether oxygens (including phenoxy) is 1. The lowest BCUT2D eigenvalue weighted by molar-refractivity contribution is 0.0697. The van der Waals surface area contributed by atoms with E-state index in [2.05, 4.69) is 15.3 Å². The van der Waals surface area contributed by atoms with E-state index in [4.69, 9.17) is 4.74 Å². The molecular formula is C21H19F3N4O3. The van der Waals surface area contributed by atoms with Gasteiger partial charge in [0, 0.05) is 36.5 Å². The monoisotopic (exact) mass is 432 g/mol. The molecule has 0 amide bonds. The number of carbonyl (C=O) groups is 1. The van der Waals surface area contributed by atoms with E-state index in [-0.39, 0.29) is 11.3 Å². The number of hydrogen-bond donors (Lipinski definition) is 2. The Balaban J connectivity index is 1.76. The molecule has 2 heterocycles. The van der Waals surface area contributed by atoms with Gasteiger partial charge in [-0.25, -0.2) is 22.9 Å². The number of rotatable bonds is 5. The standard InChI is InChI=1S/C21H19F3N4O3/c1-11(26-13-8-15(22)19(24)16(23)9-13)14-6-12(21(29)30)7-17-20(14)27-18(10-25-17)28-2-4-31-5-3-28/h6-11,26H,2-5H2,1H3,(H,29,30). The van der Waals surface area contributed by atoms with Gasteiger partial charge in [-0.15, -0.1) is 0 Å². The Labute approximate surface area is 175 Å². The highest BCUT2D eigenvalue weighted by atomic mass is 19.2. The lowest BCUT2D eigenvalue weighted by Gasteiger charge is -2.28. The zero-order valence-electron chi connectivity index (χ0n) is 16.5. The zero-order chi connectivity index (χ0) is 22.1. The van der Waals surface area contributed by atoms with E-state index < -0.39 is 29.5 Å². The van der Waals surface area contributed by atoms with Crippen LogP contribution in [0.1, 0.15) is 28.9 Å². The number of fused-ring (bicyclic) bond motifs is 1. The average molecular weight is 432 g/mol. The van der Waals surface area contributed by atoms with Gasteiger partial charge in [0.1, 0.15) is 5.82 Å². The second-order valence-corrected chi connectivity index (χ2v) is 7.19. The highest BCUT2D eigenvalue weighted by molar-refractivity contribution is 5.94. The van der Waals surface area contributed by atoms with Crippen molar-refractivity contribution in [3.63, 3.8) is 0 Å². The number of nitrogens with one attached hydrogen (secondary N) is 1. The van der Waals surface area contributed by atoms with Gasteiger partial charge < -0.3 is 20.1 Å². The Hall–Kier alpha value is -3.40. The third-order valence-electron chi connectivity index (χ3n) is 5.08. The van der Waals surface area contributed by atoms with E-state index in [1.807, 2.05) is 4.90 Å². The van der Waals surface area contributed by atoms with E-state index in [1.165, 1.54) is 12.1 Å². The molecule has 0 aliphatic carbocycles. The minimum absolute atomic E-state index is 0.000963. The fourth-order valence-electron chi connectivity index (χ4n) is 3.50. The molecule has 1 unspecified atom stereocenters. The SMILES string of the molecule is CC(Nc1cc(F)c(F)c(F)c1)c1cc(C(=O)O)cc2ncc(N3CCOCC3)nc12. The topological polar surface area (TPSA) is 87.6 Å². The molecule has 1 fully saturated rings. The second kappa shape index (κ2) is 8.38. The highest BCUT2D eigenvalue weighted by Crippen LogP contribution is 2.29. The van der Waals surface area contributed by atoms with Crippen molar-refractivity contribution in [3.05, 3.63) is 59.0 Å². The second-order valence-electron chi connectivity index (χ2n) is 7.19. The van der Waals surface area contributed by atoms with E-state index >= 15 is 0 Å². The number of anilines is 2. The van der Waals surface area contributed by atoms with Gasteiger partial charge in [0.05, 0.1) is 42.0 Å². The Kier molecular flexibility index (Phi) is 5.64. The van der Waals surface area contributed by atoms with Crippen LogP contribution >= 0.6 is 0 Å². The molecule has 1 aromatic heterocycles. The summed E-state index contributed by atoms with van der Waals surface area (Å²) >= 11 is 0. The maximum Gasteiger partial charge on any atom is 0.335 e. The smallest absolute Gasteiger partial charge is 0.335 e. The predicted octanol–water partition coefficient (Wildman–Crippen LogP) is 3.76. The number of carboxylic acids is 1. The predicted molar refractivity (Wildman–Crippen MR) is 108 cm³/mol. The van der Waals surface area contributed by atoms with Gasteiger partial charge in [0.2, 0.25) is 0 Å². The molecule has 4 rings (SSSR count). The number of morpholine rings is 1. The summed E-state index contributed by atoms with van der Waals surface area (Å²) in [7, 11) is 0. The van der Waals surface area contributed by atoms with E-state index in [0.29, 0.717) is 48.7 Å². The van der Waals surface area contributed by atoms with Crippen LogP contribution in [0, 0.1) is 17.5 Å². The first kappa shape index (κ1) is 20.9. The number of benzene rings is 2. The molecule has 31 heavy (non-hydrogen) atoms. The Morgan fingerprint density at radius 2 is 1.84 bits per heavy atom. The van der Waals surface area contributed by atoms with E-state index in [1.54, 1.807) is 13.1 Å². The summed E-state index contributed by atoms with van der Waals surface area (Å²) in [5.74, 6) is -4.74. The molecule has 2 N–H and O–H groups in total. The van der Waals surface area contributed by atoms with E-state index in [0.717, 1.165) is 12.1 Å². The van der Waals surface area contributed by atoms with Crippen molar-refractivity contribution in [2.75, 3.05) is 36.5 Å². The molecule has 3 aromatic rings. The summed E-state index contributed by atoms with van der Waals surface area (Å²) in [6.07, 6.45) is 1.58. The lowest BCUT2D eigenvalue weighted by atomic mass is 10.0. The maximum atomic E-state index is 13.6. The average Bonchev–Trinajstić information content (AvgIpc) is 2.76. The minimum Gasteiger partial charge on any atom is -0.478 e. The van der Waals surface area contributed by atoms with Crippen molar-refractivity contribution < 1.29 is 27.8 Å². The summed E-state index contributed by atoms with van der Waals surface area (Å²) in [4.78, 5) is 22.7. The number of aromatic nitrogens is 2. The molecule has 0 spiro atoms. The minimum atomic E-state index is -1.56. The molecule has 1 aliphatic heterocycles. The van der Waals surface area contributed by atoms with Crippen molar-refractivity contribution in [3.8, 4) is 0 Å². The van der Waals surface area contributed by atoms with Gasteiger partial charge in [0.15, 0.2) is 17.5 Å². The highest BCUT2D eigenvalue weighted by Gasteiger charge is 2.20. The third kappa shape index (κ3) is 4.24. The van der Waals surface area contributed by atoms with Crippen LogP contribution in [0.5, 0.6) is 0 Å². The van der Waals surface area contributed by atoms with Crippen LogP contribution < -0.4 is 10.2 Å². The number of hydrogen-bond acceptors (Lipinski definition) is 6. The van der Waals surface area contributed by atoms with Crippen LogP contribution in [0.2, 0.25) is 0 Å². The molecule has 162 valence electrons. The summed E-state index contributed by atoms with van der Waals surface area (Å²) in [5, 5.41) is 12.4. The van der Waals surface area contributed by atoms with Gasteiger partial charge >= 0.3 is 5.97 Å². The molecule has 1 aliphatic rings.